The average Bonchev–Trinajstić information content (AvgIpc) is 3.11. The first kappa shape index (κ1) is 36.2. The van der Waals surface area contributed by atoms with Crippen LogP contribution in [0.4, 0.5) is 5.69 Å². The van der Waals surface area contributed by atoms with Crippen LogP contribution in [0.2, 0.25) is 0 Å². The molecule has 0 heterocycles. The van der Waals surface area contributed by atoms with Crippen molar-refractivity contribution in [2.75, 3.05) is 19.0 Å². The summed E-state index contributed by atoms with van der Waals surface area (Å²) >= 11 is 0. The van der Waals surface area contributed by atoms with E-state index in [1.165, 1.54) is 31.4 Å². The molecule has 4 rings (SSSR count). The van der Waals surface area contributed by atoms with Crippen molar-refractivity contribution in [2.24, 2.45) is 0 Å². The number of anilines is 1. The van der Waals surface area contributed by atoms with Crippen LogP contribution >= 0.6 is 0 Å². The summed E-state index contributed by atoms with van der Waals surface area (Å²) in [5.74, 6) is -0.956. The number of carbonyl (C=O) groups is 4. The average molecular weight is 667 g/mol. The molecule has 256 valence electrons. The fourth-order valence-corrected chi connectivity index (χ4v) is 5.05. The van der Waals surface area contributed by atoms with Crippen LogP contribution in [-0.2, 0) is 22.4 Å². The second kappa shape index (κ2) is 18.6. The van der Waals surface area contributed by atoms with Gasteiger partial charge in [0.05, 0.1) is 25.7 Å². The Morgan fingerprint density at radius 2 is 1.41 bits per heavy atom. The van der Waals surface area contributed by atoms with Crippen molar-refractivity contribution in [1.82, 2.24) is 5.32 Å². The number of nitrogens with one attached hydrogen (secondary N) is 2. The molecule has 0 aliphatic heterocycles. The van der Waals surface area contributed by atoms with Crippen molar-refractivity contribution in [3.8, 4) is 17.2 Å². The molecule has 0 aromatic heterocycles. The van der Waals surface area contributed by atoms with Gasteiger partial charge >= 0.3 is 11.9 Å². The Morgan fingerprint density at radius 1 is 0.755 bits per heavy atom. The third-order valence-electron chi connectivity index (χ3n) is 7.76. The quantitative estimate of drug-likeness (QED) is 0.0594. The first-order valence-electron chi connectivity index (χ1n) is 16.3. The number of carbonyl (C=O) groups excluding carboxylic acids is 3. The van der Waals surface area contributed by atoms with Gasteiger partial charge in [0.25, 0.3) is 5.91 Å². The Bertz CT molecular complexity index is 1690. The summed E-state index contributed by atoms with van der Waals surface area (Å²) < 4.78 is 16.5. The maximum absolute atomic E-state index is 12.9. The largest absolute Gasteiger partial charge is 0.496 e. The summed E-state index contributed by atoms with van der Waals surface area (Å²) in [5, 5.41) is 15.1. The molecule has 10 heteroatoms. The lowest BCUT2D eigenvalue weighted by Crippen LogP contribution is -2.42. The summed E-state index contributed by atoms with van der Waals surface area (Å²) in [6.45, 7) is 2.81. The van der Waals surface area contributed by atoms with Crippen molar-refractivity contribution >= 4 is 29.4 Å². The highest BCUT2D eigenvalue weighted by atomic mass is 16.5. The van der Waals surface area contributed by atoms with E-state index in [9.17, 15) is 24.3 Å². The molecule has 0 fully saturated rings. The van der Waals surface area contributed by atoms with Gasteiger partial charge in [-0.05, 0) is 78.7 Å². The van der Waals surface area contributed by atoms with Gasteiger partial charge in [-0.3, -0.25) is 9.59 Å². The zero-order chi connectivity index (χ0) is 35.0. The number of esters is 1. The number of amides is 2. The van der Waals surface area contributed by atoms with E-state index in [0.717, 1.165) is 18.4 Å². The van der Waals surface area contributed by atoms with Crippen molar-refractivity contribution < 1.29 is 38.5 Å². The molecule has 49 heavy (non-hydrogen) atoms. The lowest BCUT2D eigenvalue weighted by Gasteiger charge is -2.15. The number of hydrogen-bond acceptors (Lipinski definition) is 7. The van der Waals surface area contributed by atoms with Gasteiger partial charge < -0.3 is 30.0 Å². The van der Waals surface area contributed by atoms with Gasteiger partial charge in [0, 0.05) is 23.2 Å². The Kier molecular flexibility index (Phi) is 13.8. The molecular formula is C39H42N2O8. The fourth-order valence-electron chi connectivity index (χ4n) is 5.05. The zero-order valence-corrected chi connectivity index (χ0v) is 27.8. The first-order chi connectivity index (χ1) is 23.7. The number of unbranched alkanes of at least 4 members (excludes halogenated alkanes) is 4. The summed E-state index contributed by atoms with van der Waals surface area (Å²) in [4.78, 5) is 50.1. The summed E-state index contributed by atoms with van der Waals surface area (Å²) in [5.41, 5.74) is 2.46. The van der Waals surface area contributed by atoms with Gasteiger partial charge in [-0.15, -0.1) is 0 Å². The topological polar surface area (TPSA) is 140 Å². The van der Waals surface area contributed by atoms with Crippen LogP contribution in [0.3, 0.4) is 0 Å². The SMILES string of the molecule is CCCCCCCOc1ccc(C(=O)Oc2ccc(CC(NC(=O)c3ccc(NC(=O)Cc4ccccc4OC)cc3)C(=O)O)cc2)cc1. The molecule has 3 N–H and O–H groups in total. The van der Waals surface area contributed by atoms with Gasteiger partial charge in [0.1, 0.15) is 23.3 Å². The van der Waals surface area contributed by atoms with E-state index in [1.807, 2.05) is 18.2 Å². The van der Waals surface area contributed by atoms with Gasteiger partial charge in [0.2, 0.25) is 5.91 Å². The van der Waals surface area contributed by atoms with E-state index in [0.29, 0.717) is 40.7 Å². The molecule has 4 aromatic carbocycles. The number of aliphatic carboxylic acids is 1. The standard InChI is InChI=1S/C39H42N2O8/c1-3-4-5-6-9-24-48-32-22-16-29(17-23-32)39(46)49-33-20-12-27(13-21-33)25-34(38(44)45)41-37(43)28-14-18-31(19-15-28)40-36(42)26-30-10-7-8-11-35(30)47-2/h7-8,10-23,34H,3-6,9,24-26H2,1-2H3,(H,40,42)(H,41,43)(H,44,45). The molecule has 0 saturated heterocycles. The Hall–Kier alpha value is -5.64. The number of benzene rings is 4. The number of carboxylic acid groups (broad SMARTS) is 1. The van der Waals surface area contributed by atoms with Crippen molar-refractivity contribution in [2.45, 2.75) is 57.9 Å². The van der Waals surface area contributed by atoms with E-state index in [2.05, 4.69) is 17.6 Å². The van der Waals surface area contributed by atoms with Crippen LogP contribution in [0.15, 0.2) is 97.1 Å². The number of para-hydroxylation sites is 1. The fraction of sp³-hybridized carbons (Fsp3) is 0.282. The minimum atomic E-state index is -1.21. The molecule has 10 nitrogen and oxygen atoms in total. The van der Waals surface area contributed by atoms with E-state index in [-0.39, 0.29) is 24.3 Å². The van der Waals surface area contributed by atoms with E-state index < -0.39 is 23.9 Å². The molecule has 1 atom stereocenters. The van der Waals surface area contributed by atoms with Crippen LogP contribution in [0.5, 0.6) is 17.2 Å². The highest BCUT2D eigenvalue weighted by molar-refractivity contribution is 5.98. The summed E-state index contributed by atoms with van der Waals surface area (Å²) in [6, 6.07) is 25.4. The van der Waals surface area contributed by atoms with Crippen LogP contribution in [0.25, 0.3) is 0 Å². The lowest BCUT2D eigenvalue weighted by molar-refractivity contribution is -0.139. The van der Waals surface area contributed by atoms with Crippen molar-refractivity contribution in [3.63, 3.8) is 0 Å². The number of rotatable bonds is 18. The van der Waals surface area contributed by atoms with Gasteiger partial charge in [-0.1, -0.05) is 62.9 Å². The summed E-state index contributed by atoms with van der Waals surface area (Å²) in [7, 11) is 1.54. The van der Waals surface area contributed by atoms with E-state index in [4.69, 9.17) is 14.2 Å². The predicted octanol–water partition coefficient (Wildman–Crippen LogP) is 6.87. The predicted molar refractivity (Wildman–Crippen MR) is 186 cm³/mol. The van der Waals surface area contributed by atoms with Crippen LogP contribution in [0.1, 0.15) is 70.9 Å². The van der Waals surface area contributed by atoms with Crippen molar-refractivity contribution in [1.29, 1.82) is 0 Å². The number of carboxylic acids is 1. The molecular weight excluding hydrogens is 624 g/mol. The Balaban J connectivity index is 1.25. The molecule has 0 aliphatic rings. The second-order valence-corrected chi connectivity index (χ2v) is 11.5. The minimum Gasteiger partial charge on any atom is -0.496 e. The number of ether oxygens (including phenoxy) is 3. The van der Waals surface area contributed by atoms with E-state index in [1.54, 1.807) is 73.8 Å². The highest BCUT2D eigenvalue weighted by Crippen LogP contribution is 2.20. The number of methoxy groups -OCH3 is 1. The molecule has 0 saturated carbocycles. The van der Waals surface area contributed by atoms with Crippen molar-refractivity contribution in [3.05, 3.63) is 119 Å². The molecule has 0 spiro atoms. The van der Waals surface area contributed by atoms with Crippen LogP contribution < -0.4 is 24.8 Å². The van der Waals surface area contributed by atoms with E-state index >= 15 is 0 Å². The third-order valence-corrected chi connectivity index (χ3v) is 7.76. The maximum atomic E-state index is 12.9. The van der Waals surface area contributed by atoms with Crippen LogP contribution in [0, 0.1) is 0 Å². The smallest absolute Gasteiger partial charge is 0.343 e. The minimum absolute atomic E-state index is 0.00640. The van der Waals surface area contributed by atoms with Gasteiger partial charge in [-0.25, -0.2) is 9.59 Å². The normalized spacial score (nSPS) is 11.2. The van der Waals surface area contributed by atoms with Crippen LogP contribution in [-0.4, -0.2) is 48.6 Å². The Labute approximate surface area is 286 Å². The first-order valence-corrected chi connectivity index (χ1v) is 16.3. The zero-order valence-electron chi connectivity index (χ0n) is 27.8. The highest BCUT2D eigenvalue weighted by Gasteiger charge is 2.22. The molecule has 4 aromatic rings. The summed E-state index contributed by atoms with van der Waals surface area (Å²) in [6.07, 6.45) is 5.87. The number of hydrogen-bond donors (Lipinski definition) is 3. The molecule has 2 amide bonds. The molecule has 0 radical (unpaired) electrons. The monoisotopic (exact) mass is 666 g/mol. The van der Waals surface area contributed by atoms with Gasteiger partial charge in [0.15, 0.2) is 0 Å². The third kappa shape index (κ3) is 11.5. The van der Waals surface area contributed by atoms with Gasteiger partial charge in [-0.2, -0.15) is 0 Å². The maximum Gasteiger partial charge on any atom is 0.343 e. The lowest BCUT2D eigenvalue weighted by atomic mass is 10.0. The molecule has 1 unspecified atom stereocenters. The molecule has 0 aliphatic carbocycles. The second-order valence-electron chi connectivity index (χ2n) is 11.5. The molecule has 0 bridgehead atoms. The Morgan fingerprint density at radius 3 is 2.08 bits per heavy atom.